The molecule has 2 aromatic rings. The Hall–Kier alpha value is -3.48. The van der Waals surface area contributed by atoms with Gasteiger partial charge >= 0.3 is 0 Å². The zero-order valence-corrected chi connectivity index (χ0v) is 16.9. The maximum Gasteiger partial charge on any atom is 0.265 e. The maximum absolute atomic E-state index is 12.9. The molecule has 0 heterocycles. The molecular formula is C22H26N2O5. The molecule has 2 rings (SSSR count). The molecule has 0 bridgehead atoms. The Morgan fingerprint density at radius 1 is 1.03 bits per heavy atom. The van der Waals surface area contributed by atoms with Gasteiger partial charge in [0.1, 0.15) is 5.75 Å². The minimum absolute atomic E-state index is 0.0190. The van der Waals surface area contributed by atoms with Crippen LogP contribution in [-0.2, 0) is 9.59 Å². The van der Waals surface area contributed by atoms with Crippen LogP contribution in [0.1, 0.15) is 18.9 Å². The van der Waals surface area contributed by atoms with Gasteiger partial charge in [-0.15, -0.1) is 0 Å². The molecule has 7 heteroatoms. The van der Waals surface area contributed by atoms with E-state index in [1.54, 1.807) is 30.3 Å². The van der Waals surface area contributed by atoms with Gasteiger partial charge in [-0.05, 0) is 36.8 Å². The first kappa shape index (κ1) is 21.8. The molecule has 2 amide bonds. The number of benzene rings is 2. The lowest BCUT2D eigenvalue weighted by atomic mass is 10.2. The fourth-order valence-corrected chi connectivity index (χ4v) is 2.77. The molecule has 0 saturated heterocycles. The molecule has 154 valence electrons. The largest absolute Gasteiger partial charge is 0.495 e. The van der Waals surface area contributed by atoms with E-state index < -0.39 is 5.91 Å². The third-order valence-corrected chi connectivity index (χ3v) is 4.16. The number of hydrogen-bond acceptors (Lipinski definition) is 5. The molecular weight excluding hydrogens is 372 g/mol. The first-order valence-electron chi connectivity index (χ1n) is 9.15. The van der Waals surface area contributed by atoms with E-state index in [4.69, 9.17) is 19.9 Å². The van der Waals surface area contributed by atoms with Crippen molar-refractivity contribution in [3.05, 3.63) is 54.1 Å². The highest BCUT2D eigenvalue weighted by Crippen LogP contribution is 2.30. The van der Waals surface area contributed by atoms with Crippen molar-refractivity contribution in [3.8, 4) is 17.2 Å². The van der Waals surface area contributed by atoms with Crippen molar-refractivity contribution < 1.29 is 23.8 Å². The van der Waals surface area contributed by atoms with Gasteiger partial charge in [-0.2, -0.15) is 0 Å². The van der Waals surface area contributed by atoms with E-state index in [-0.39, 0.29) is 25.5 Å². The van der Waals surface area contributed by atoms with Crippen LogP contribution in [0.15, 0.2) is 48.5 Å². The van der Waals surface area contributed by atoms with Crippen molar-refractivity contribution in [1.82, 2.24) is 0 Å². The van der Waals surface area contributed by atoms with E-state index >= 15 is 0 Å². The summed E-state index contributed by atoms with van der Waals surface area (Å²) in [6.07, 6.45) is 3.87. The number of carbonyl (C=O) groups is 2. The van der Waals surface area contributed by atoms with Gasteiger partial charge < -0.3 is 24.8 Å². The first-order valence-corrected chi connectivity index (χ1v) is 9.15. The number of amides is 2. The van der Waals surface area contributed by atoms with Crippen molar-refractivity contribution in [2.24, 2.45) is 5.73 Å². The van der Waals surface area contributed by atoms with Gasteiger partial charge in [-0.25, -0.2) is 0 Å². The second-order valence-corrected chi connectivity index (χ2v) is 6.13. The van der Waals surface area contributed by atoms with E-state index in [1.807, 2.05) is 31.2 Å². The fraction of sp³-hybridized carbons (Fsp3) is 0.273. The van der Waals surface area contributed by atoms with Crippen molar-refractivity contribution in [2.75, 3.05) is 32.3 Å². The molecule has 0 aliphatic carbocycles. The summed E-state index contributed by atoms with van der Waals surface area (Å²) in [4.78, 5) is 25.6. The summed E-state index contributed by atoms with van der Waals surface area (Å²) in [6, 6.07) is 12.5. The Morgan fingerprint density at radius 2 is 1.76 bits per heavy atom. The lowest BCUT2D eigenvalue weighted by molar-refractivity contribution is -0.120. The van der Waals surface area contributed by atoms with Gasteiger partial charge in [-0.3, -0.25) is 9.59 Å². The molecule has 0 aliphatic rings. The molecule has 0 aliphatic heterocycles. The zero-order chi connectivity index (χ0) is 21.2. The Bertz CT molecular complexity index is 879. The number of carbonyl (C=O) groups excluding carboxylic acids is 2. The van der Waals surface area contributed by atoms with Gasteiger partial charge in [0.15, 0.2) is 18.1 Å². The summed E-state index contributed by atoms with van der Waals surface area (Å²) >= 11 is 0. The third kappa shape index (κ3) is 6.00. The van der Waals surface area contributed by atoms with Crippen LogP contribution in [0.3, 0.4) is 0 Å². The number of para-hydroxylation sites is 2. The molecule has 0 radical (unpaired) electrons. The quantitative estimate of drug-likeness (QED) is 0.664. The van der Waals surface area contributed by atoms with Gasteiger partial charge in [0.05, 0.1) is 19.9 Å². The van der Waals surface area contributed by atoms with Gasteiger partial charge in [-0.1, -0.05) is 30.4 Å². The minimum atomic E-state index is -0.500. The Balaban J connectivity index is 2.20. The van der Waals surface area contributed by atoms with Gasteiger partial charge in [0.2, 0.25) is 5.91 Å². The van der Waals surface area contributed by atoms with Crippen molar-refractivity contribution >= 4 is 23.6 Å². The van der Waals surface area contributed by atoms with E-state index in [0.29, 0.717) is 22.9 Å². The van der Waals surface area contributed by atoms with Crippen LogP contribution in [0, 0.1) is 0 Å². The molecule has 2 aromatic carbocycles. The van der Waals surface area contributed by atoms with Crippen molar-refractivity contribution in [2.45, 2.75) is 13.3 Å². The van der Waals surface area contributed by atoms with Crippen LogP contribution < -0.4 is 24.8 Å². The van der Waals surface area contributed by atoms with Crippen LogP contribution in [0.4, 0.5) is 5.69 Å². The van der Waals surface area contributed by atoms with Crippen LogP contribution in [0.25, 0.3) is 6.08 Å². The van der Waals surface area contributed by atoms with Crippen LogP contribution in [0.5, 0.6) is 17.2 Å². The number of allylic oxidation sites excluding steroid dienone is 1. The average Bonchev–Trinajstić information content (AvgIpc) is 2.73. The minimum Gasteiger partial charge on any atom is -0.495 e. The number of anilines is 1. The Morgan fingerprint density at radius 3 is 2.41 bits per heavy atom. The summed E-state index contributed by atoms with van der Waals surface area (Å²) < 4.78 is 16.4. The Labute approximate surface area is 170 Å². The predicted octanol–water partition coefficient (Wildman–Crippen LogP) is 3.02. The molecule has 0 atom stereocenters. The monoisotopic (exact) mass is 398 g/mol. The van der Waals surface area contributed by atoms with E-state index in [9.17, 15) is 9.59 Å². The fourth-order valence-electron chi connectivity index (χ4n) is 2.77. The average molecular weight is 398 g/mol. The summed E-state index contributed by atoms with van der Waals surface area (Å²) in [5.74, 6) is 0.646. The summed E-state index contributed by atoms with van der Waals surface area (Å²) in [5.41, 5.74) is 6.77. The van der Waals surface area contributed by atoms with Crippen LogP contribution in [-0.4, -0.2) is 39.2 Å². The topological polar surface area (TPSA) is 91.1 Å². The van der Waals surface area contributed by atoms with Crippen LogP contribution in [0.2, 0.25) is 0 Å². The number of primary amides is 1. The van der Waals surface area contributed by atoms with Crippen LogP contribution >= 0.6 is 0 Å². The third-order valence-electron chi connectivity index (χ3n) is 4.16. The number of ether oxygens (including phenoxy) is 3. The summed E-state index contributed by atoms with van der Waals surface area (Å²) in [7, 11) is 3.06. The Kier molecular flexibility index (Phi) is 8.09. The number of rotatable bonds is 10. The molecule has 0 saturated carbocycles. The van der Waals surface area contributed by atoms with Gasteiger partial charge in [0, 0.05) is 13.0 Å². The van der Waals surface area contributed by atoms with Crippen molar-refractivity contribution in [1.29, 1.82) is 0 Å². The molecule has 7 nitrogen and oxygen atoms in total. The number of hydrogen-bond donors (Lipinski definition) is 1. The summed E-state index contributed by atoms with van der Waals surface area (Å²) in [5, 5.41) is 0. The second kappa shape index (κ2) is 10.8. The first-order chi connectivity index (χ1) is 14.0. The van der Waals surface area contributed by atoms with Gasteiger partial charge in [0.25, 0.3) is 5.91 Å². The standard InChI is InChI=1S/C22H26N2O5/c1-4-7-16-10-11-19(20(14-16)28-3)29-15-22(26)24(13-12-21(23)25)17-8-5-6-9-18(17)27-2/h4-11,14H,12-13,15H2,1-3H3,(H2,23,25). The van der Waals surface area contributed by atoms with E-state index in [1.165, 1.54) is 19.1 Å². The predicted molar refractivity (Wildman–Crippen MR) is 112 cm³/mol. The van der Waals surface area contributed by atoms with E-state index in [2.05, 4.69) is 0 Å². The lowest BCUT2D eigenvalue weighted by Crippen LogP contribution is -2.37. The highest BCUT2D eigenvalue weighted by molar-refractivity contribution is 5.96. The van der Waals surface area contributed by atoms with E-state index in [0.717, 1.165) is 5.56 Å². The number of methoxy groups -OCH3 is 2. The second-order valence-electron chi connectivity index (χ2n) is 6.13. The highest BCUT2D eigenvalue weighted by atomic mass is 16.5. The summed E-state index contributed by atoms with van der Waals surface area (Å²) in [6.45, 7) is 1.81. The molecule has 0 unspecified atom stereocenters. The lowest BCUT2D eigenvalue weighted by Gasteiger charge is -2.24. The number of nitrogens with two attached hydrogens (primary N) is 1. The highest BCUT2D eigenvalue weighted by Gasteiger charge is 2.21. The molecule has 0 aromatic heterocycles. The molecule has 0 spiro atoms. The molecule has 29 heavy (non-hydrogen) atoms. The smallest absolute Gasteiger partial charge is 0.265 e. The molecule has 0 fully saturated rings. The number of nitrogens with zero attached hydrogens (tertiary/aromatic N) is 1. The zero-order valence-electron chi connectivity index (χ0n) is 16.9. The SMILES string of the molecule is CC=Cc1ccc(OCC(=O)N(CCC(N)=O)c2ccccc2OC)c(OC)c1. The van der Waals surface area contributed by atoms with Crippen molar-refractivity contribution in [3.63, 3.8) is 0 Å². The normalized spacial score (nSPS) is 10.6. The maximum atomic E-state index is 12.9. The molecule has 2 N–H and O–H groups in total.